The minimum absolute atomic E-state index is 0.324. The van der Waals surface area contributed by atoms with Crippen molar-refractivity contribution in [3.05, 3.63) is 35.5 Å². The number of hydrogen-bond donors (Lipinski definition) is 1. The SMILES string of the molecule is CCCOc1ccc(Oc2nc(NCC)ncc2Cl)cc1. The van der Waals surface area contributed by atoms with Crippen molar-refractivity contribution in [1.29, 1.82) is 0 Å². The largest absolute Gasteiger partial charge is 0.494 e. The lowest BCUT2D eigenvalue weighted by Gasteiger charge is -2.09. The summed E-state index contributed by atoms with van der Waals surface area (Å²) in [4.78, 5) is 8.29. The van der Waals surface area contributed by atoms with E-state index in [4.69, 9.17) is 21.1 Å². The molecule has 1 N–H and O–H groups in total. The summed E-state index contributed by atoms with van der Waals surface area (Å²) < 4.78 is 11.2. The molecule has 0 amide bonds. The Morgan fingerprint density at radius 3 is 2.52 bits per heavy atom. The van der Waals surface area contributed by atoms with E-state index in [2.05, 4.69) is 22.2 Å². The maximum absolute atomic E-state index is 6.04. The second kappa shape index (κ2) is 7.69. The van der Waals surface area contributed by atoms with Crippen molar-refractivity contribution in [2.24, 2.45) is 0 Å². The Hall–Kier alpha value is -2.01. The summed E-state index contributed by atoms with van der Waals surface area (Å²) in [6, 6.07) is 7.34. The summed E-state index contributed by atoms with van der Waals surface area (Å²) in [5, 5.41) is 3.38. The van der Waals surface area contributed by atoms with Gasteiger partial charge in [0.25, 0.3) is 0 Å². The van der Waals surface area contributed by atoms with Gasteiger partial charge in [0, 0.05) is 6.54 Å². The van der Waals surface area contributed by atoms with E-state index >= 15 is 0 Å². The van der Waals surface area contributed by atoms with Crippen molar-refractivity contribution in [3.8, 4) is 17.4 Å². The fourth-order valence-corrected chi connectivity index (χ4v) is 1.73. The molecule has 0 spiro atoms. The molecule has 0 aliphatic heterocycles. The molecule has 112 valence electrons. The monoisotopic (exact) mass is 307 g/mol. The van der Waals surface area contributed by atoms with Gasteiger partial charge in [-0.15, -0.1) is 0 Å². The van der Waals surface area contributed by atoms with Crippen LogP contribution in [0, 0.1) is 0 Å². The molecule has 0 atom stereocenters. The topological polar surface area (TPSA) is 56.3 Å². The van der Waals surface area contributed by atoms with E-state index in [1.807, 2.05) is 31.2 Å². The van der Waals surface area contributed by atoms with Gasteiger partial charge in [0.05, 0.1) is 12.8 Å². The molecule has 6 heteroatoms. The third kappa shape index (κ3) is 4.49. The van der Waals surface area contributed by atoms with Crippen LogP contribution in [0.15, 0.2) is 30.5 Å². The van der Waals surface area contributed by atoms with Crippen LogP contribution >= 0.6 is 11.6 Å². The van der Waals surface area contributed by atoms with Gasteiger partial charge in [-0.25, -0.2) is 4.98 Å². The van der Waals surface area contributed by atoms with Crippen LogP contribution < -0.4 is 14.8 Å². The Morgan fingerprint density at radius 2 is 1.86 bits per heavy atom. The predicted octanol–water partition coefficient (Wildman–Crippen LogP) is 4.14. The molecule has 5 nitrogen and oxygen atoms in total. The number of nitrogens with one attached hydrogen (secondary N) is 1. The molecule has 0 saturated carbocycles. The van der Waals surface area contributed by atoms with Crippen molar-refractivity contribution in [2.75, 3.05) is 18.5 Å². The van der Waals surface area contributed by atoms with Crippen LogP contribution in [0.25, 0.3) is 0 Å². The smallest absolute Gasteiger partial charge is 0.243 e. The average molecular weight is 308 g/mol. The first-order chi connectivity index (χ1) is 10.2. The van der Waals surface area contributed by atoms with Crippen LogP contribution in [0.3, 0.4) is 0 Å². The lowest BCUT2D eigenvalue weighted by molar-refractivity contribution is 0.317. The van der Waals surface area contributed by atoms with Crippen LogP contribution in [0.2, 0.25) is 5.02 Å². The zero-order valence-corrected chi connectivity index (χ0v) is 12.9. The molecule has 21 heavy (non-hydrogen) atoms. The zero-order valence-electron chi connectivity index (χ0n) is 12.1. The second-order valence-corrected chi connectivity index (χ2v) is 4.71. The van der Waals surface area contributed by atoms with E-state index in [1.54, 1.807) is 0 Å². The van der Waals surface area contributed by atoms with E-state index in [-0.39, 0.29) is 0 Å². The fourth-order valence-electron chi connectivity index (χ4n) is 1.60. The zero-order chi connectivity index (χ0) is 15.1. The molecular formula is C15H18ClN3O2. The number of aromatic nitrogens is 2. The minimum Gasteiger partial charge on any atom is -0.494 e. The van der Waals surface area contributed by atoms with Gasteiger partial charge in [0.15, 0.2) is 0 Å². The molecule has 1 aromatic carbocycles. The van der Waals surface area contributed by atoms with Gasteiger partial charge < -0.3 is 14.8 Å². The molecular weight excluding hydrogens is 290 g/mol. The molecule has 0 saturated heterocycles. The standard InChI is InChI=1S/C15H18ClN3O2/c1-3-9-20-11-5-7-12(8-6-11)21-14-13(16)10-18-15(19-14)17-4-2/h5-8,10H,3-4,9H2,1-2H3,(H,17,18,19). The third-order valence-electron chi connectivity index (χ3n) is 2.56. The van der Waals surface area contributed by atoms with E-state index in [0.717, 1.165) is 18.7 Å². The first kappa shape index (κ1) is 15.4. The number of ether oxygens (including phenoxy) is 2. The van der Waals surface area contributed by atoms with Gasteiger partial charge in [0.2, 0.25) is 11.8 Å². The predicted molar refractivity (Wildman–Crippen MR) is 83.5 cm³/mol. The number of rotatable bonds is 7. The maximum Gasteiger partial charge on any atom is 0.243 e. The van der Waals surface area contributed by atoms with E-state index in [9.17, 15) is 0 Å². The highest BCUT2D eigenvalue weighted by Gasteiger charge is 2.08. The van der Waals surface area contributed by atoms with E-state index in [0.29, 0.717) is 29.2 Å². The Morgan fingerprint density at radius 1 is 1.14 bits per heavy atom. The number of hydrogen-bond acceptors (Lipinski definition) is 5. The van der Waals surface area contributed by atoms with Gasteiger partial charge in [-0.05, 0) is 37.6 Å². The minimum atomic E-state index is 0.324. The molecule has 0 unspecified atom stereocenters. The molecule has 0 radical (unpaired) electrons. The van der Waals surface area contributed by atoms with Crippen molar-refractivity contribution < 1.29 is 9.47 Å². The number of nitrogens with zero attached hydrogens (tertiary/aromatic N) is 2. The molecule has 0 fully saturated rings. The fraction of sp³-hybridized carbons (Fsp3) is 0.333. The third-order valence-corrected chi connectivity index (χ3v) is 2.82. The Balaban J connectivity index is 2.08. The van der Waals surface area contributed by atoms with Gasteiger partial charge in [-0.2, -0.15) is 4.98 Å². The van der Waals surface area contributed by atoms with E-state index in [1.165, 1.54) is 6.20 Å². The lowest BCUT2D eigenvalue weighted by atomic mass is 10.3. The molecule has 2 aromatic rings. The van der Waals surface area contributed by atoms with Gasteiger partial charge in [-0.1, -0.05) is 18.5 Å². The first-order valence-electron chi connectivity index (χ1n) is 6.90. The summed E-state index contributed by atoms with van der Waals surface area (Å²) in [5.74, 6) is 2.26. The maximum atomic E-state index is 6.04. The van der Waals surface area contributed by atoms with Crippen LogP contribution in [-0.2, 0) is 0 Å². The average Bonchev–Trinajstić information content (AvgIpc) is 2.50. The van der Waals surface area contributed by atoms with Crippen LogP contribution in [0.5, 0.6) is 17.4 Å². The van der Waals surface area contributed by atoms with Crippen LogP contribution in [0.1, 0.15) is 20.3 Å². The van der Waals surface area contributed by atoms with Gasteiger partial charge in [0.1, 0.15) is 16.5 Å². The van der Waals surface area contributed by atoms with Gasteiger partial charge in [-0.3, -0.25) is 0 Å². The summed E-state index contributed by atoms with van der Waals surface area (Å²) >= 11 is 6.04. The Kier molecular flexibility index (Phi) is 5.63. The molecule has 0 bridgehead atoms. The molecule has 1 aromatic heterocycles. The summed E-state index contributed by atoms with van der Waals surface area (Å²) in [6.45, 7) is 5.46. The highest BCUT2D eigenvalue weighted by atomic mass is 35.5. The highest BCUT2D eigenvalue weighted by molar-refractivity contribution is 6.31. The molecule has 0 aliphatic carbocycles. The van der Waals surface area contributed by atoms with E-state index < -0.39 is 0 Å². The number of halogens is 1. The second-order valence-electron chi connectivity index (χ2n) is 4.30. The van der Waals surface area contributed by atoms with Crippen molar-refractivity contribution >= 4 is 17.5 Å². The summed E-state index contributed by atoms with van der Waals surface area (Å²) in [6.07, 6.45) is 2.49. The Labute approximate surface area is 129 Å². The first-order valence-corrected chi connectivity index (χ1v) is 7.27. The van der Waals surface area contributed by atoms with Crippen LogP contribution in [0.4, 0.5) is 5.95 Å². The number of anilines is 1. The number of benzene rings is 1. The van der Waals surface area contributed by atoms with Crippen molar-refractivity contribution in [2.45, 2.75) is 20.3 Å². The lowest BCUT2D eigenvalue weighted by Crippen LogP contribution is -2.03. The molecule has 0 aliphatic rings. The van der Waals surface area contributed by atoms with Crippen LogP contribution in [-0.4, -0.2) is 23.1 Å². The highest BCUT2D eigenvalue weighted by Crippen LogP contribution is 2.28. The van der Waals surface area contributed by atoms with Crippen molar-refractivity contribution in [3.63, 3.8) is 0 Å². The quantitative estimate of drug-likeness (QED) is 0.833. The molecule has 1 heterocycles. The normalized spacial score (nSPS) is 10.2. The summed E-state index contributed by atoms with van der Waals surface area (Å²) in [5.41, 5.74) is 0. The van der Waals surface area contributed by atoms with Crippen molar-refractivity contribution in [1.82, 2.24) is 9.97 Å². The van der Waals surface area contributed by atoms with Gasteiger partial charge >= 0.3 is 0 Å². The summed E-state index contributed by atoms with van der Waals surface area (Å²) in [7, 11) is 0. The molecule has 2 rings (SSSR count). The Bertz CT molecular complexity index is 576.